The van der Waals surface area contributed by atoms with Gasteiger partial charge in [-0.2, -0.15) is 0 Å². The number of aromatic nitrogens is 4. The Morgan fingerprint density at radius 3 is 2.63 bits per heavy atom. The predicted molar refractivity (Wildman–Crippen MR) is 99.9 cm³/mol. The third-order valence-electron chi connectivity index (χ3n) is 4.07. The van der Waals surface area contributed by atoms with E-state index in [1.54, 1.807) is 24.3 Å². The summed E-state index contributed by atoms with van der Waals surface area (Å²) >= 11 is 0. The van der Waals surface area contributed by atoms with Crippen molar-refractivity contribution in [3.63, 3.8) is 0 Å². The fraction of sp³-hybridized carbons (Fsp3) is 0.105. The molecule has 136 valence electrons. The van der Waals surface area contributed by atoms with Crippen molar-refractivity contribution >= 4 is 17.7 Å². The van der Waals surface area contributed by atoms with Crippen LogP contribution in [0.1, 0.15) is 23.9 Å². The normalized spacial score (nSPS) is 14.0. The van der Waals surface area contributed by atoms with Gasteiger partial charge in [-0.25, -0.2) is 4.98 Å². The highest BCUT2D eigenvalue weighted by Gasteiger charge is 2.15. The number of para-hydroxylation sites is 1. The number of H-pyrrole nitrogens is 3. The summed E-state index contributed by atoms with van der Waals surface area (Å²) in [7, 11) is 0. The van der Waals surface area contributed by atoms with Crippen LogP contribution in [-0.4, -0.2) is 26.7 Å². The third-order valence-corrected chi connectivity index (χ3v) is 4.07. The maximum Gasteiger partial charge on any atom is 0.272 e. The first-order valence-electron chi connectivity index (χ1n) is 8.17. The van der Waals surface area contributed by atoms with Crippen LogP contribution in [-0.2, 0) is 0 Å². The van der Waals surface area contributed by atoms with E-state index in [1.165, 1.54) is 12.4 Å². The van der Waals surface area contributed by atoms with Crippen LogP contribution in [0.2, 0.25) is 0 Å². The van der Waals surface area contributed by atoms with Gasteiger partial charge >= 0.3 is 0 Å². The summed E-state index contributed by atoms with van der Waals surface area (Å²) in [6.45, 7) is 5.77. The standard InChI is InChI=1S/C19H16N4O4/c1-10(2)16-12(20-8-21-16)7-14-19(25)22-13(18(24)23-14)6-11-4-3-5-15-17(11)27-9-26-15/h3-8H,1,9H2,2H3,(H,20,21)(H,22,25)(H,23,24)/b13-6-,14-7-. The van der Waals surface area contributed by atoms with Gasteiger partial charge in [-0.3, -0.25) is 9.59 Å². The van der Waals surface area contributed by atoms with Crippen LogP contribution in [0.5, 0.6) is 11.5 Å². The minimum absolute atomic E-state index is 0.113. The molecule has 0 bridgehead atoms. The summed E-state index contributed by atoms with van der Waals surface area (Å²) in [5.74, 6) is 1.14. The Balaban J connectivity index is 1.85. The average molecular weight is 364 g/mol. The molecular weight excluding hydrogens is 348 g/mol. The molecule has 3 N–H and O–H groups in total. The number of imidazole rings is 1. The van der Waals surface area contributed by atoms with Crippen molar-refractivity contribution in [1.82, 2.24) is 19.9 Å². The average Bonchev–Trinajstić information content (AvgIpc) is 3.28. The molecule has 0 unspecified atom stereocenters. The monoisotopic (exact) mass is 364 g/mol. The number of fused-ring (bicyclic) bond motifs is 1. The second kappa shape index (κ2) is 6.49. The van der Waals surface area contributed by atoms with E-state index in [0.717, 1.165) is 5.57 Å². The molecule has 2 aromatic heterocycles. The van der Waals surface area contributed by atoms with Crippen LogP contribution in [0.3, 0.4) is 0 Å². The molecule has 4 rings (SSSR count). The molecule has 0 atom stereocenters. The lowest BCUT2D eigenvalue weighted by molar-refractivity contribution is 0.173. The van der Waals surface area contributed by atoms with Crippen molar-refractivity contribution in [3.05, 3.63) is 79.5 Å². The number of rotatable bonds is 3. The van der Waals surface area contributed by atoms with Crippen molar-refractivity contribution in [1.29, 1.82) is 0 Å². The number of benzene rings is 1. The van der Waals surface area contributed by atoms with E-state index in [9.17, 15) is 9.59 Å². The fourth-order valence-electron chi connectivity index (χ4n) is 2.82. The van der Waals surface area contributed by atoms with Gasteiger partial charge in [0.1, 0.15) is 10.7 Å². The van der Waals surface area contributed by atoms with Crippen LogP contribution >= 0.6 is 0 Å². The van der Waals surface area contributed by atoms with Gasteiger partial charge in [-0.1, -0.05) is 18.7 Å². The molecule has 0 radical (unpaired) electrons. The van der Waals surface area contributed by atoms with Gasteiger partial charge in [-0.05, 0) is 30.7 Å². The van der Waals surface area contributed by atoms with Gasteiger partial charge in [-0.15, -0.1) is 0 Å². The lowest BCUT2D eigenvalue weighted by Crippen LogP contribution is -2.46. The Kier molecular flexibility index (Phi) is 4.00. The molecule has 1 aromatic carbocycles. The van der Waals surface area contributed by atoms with Crippen LogP contribution in [0, 0.1) is 0 Å². The highest BCUT2D eigenvalue weighted by atomic mass is 16.7. The molecule has 27 heavy (non-hydrogen) atoms. The van der Waals surface area contributed by atoms with Crippen LogP contribution < -0.4 is 31.3 Å². The Morgan fingerprint density at radius 1 is 1.15 bits per heavy atom. The van der Waals surface area contributed by atoms with E-state index < -0.39 is 11.1 Å². The van der Waals surface area contributed by atoms with Crippen LogP contribution in [0.25, 0.3) is 17.7 Å². The largest absolute Gasteiger partial charge is 0.454 e. The second-order valence-electron chi connectivity index (χ2n) is 6.05. The SMILES string of the molecule is C=C(C)c1nc[nH]c1/C=c1\[nH]c(=O)/c(=C/c2cccc3c2OCO3)[nH]c1=O. The van der Waals surface area contributed by atoms with Crippen molar-refractivity contribution < 1.29 is 9.47 Å². The molecule has 8 nitrogen and oxygen atoms in total. The summed E-state index contributed by atoms with van der Waals surface area (Å²) < 4.78 is 10.7. The Labute approximate surface area is 152 Å². The number of aromatic amines is 3. The van der Waals surface area contributed by atoms with E-state index in [1.807, 2.05) is 6.92 Å². The molecule has 0 spiro atoms. The number of nitrogens with one attached hydrogen (secondary N) is 3. The highest BCUT2D eigenvalue weighted by Crippen LogP contribution is 2.35. The topological polar surface area (TPSA) is 113 Å². The van der Waals surface area contributed by atoms with Crippen LogP contribution in [0.4, 0.5) is 0 Å². The summed E-state index contributed by atoms with van der Waals surface area (Å²) in [5.41, 5.74) is 1.73. The van der Waals surface area contributed by atoms with Gasteiger partial charge in [0.05, 0.1) is 17.7 Å². The van der Waals surface area contributed by atoms with Crippen molar-refractivity contribution in [2.24, 2.45) is 0 Å². The first-order chi connectivity index (χ1) is 13.0. The molecule has 0 aliphatic carbocycles. The minimum Gasteiger partial charge on any atom is -0.454 e. The molecule has 0 fully saturated rings. The zero-order chi connectivity index (χ0) is 19.0. The second-order valence-corrected chi connectivity index (χ2v) is 6.05. The maximum absolute atomic E-state index is 12.5. The molecule has 1 aliphatic heterocycles. The Bertz CT molecular complexity index is 1280. The van der Waals surface area contributed by atoms with E-state index in [-0.39, 0.29) is 17.5 Å². The number of allylic oxidation sites excluding steroid dienone is 1. The lowest BCUT2D eigenvalue weighted by atomic mass is 10.1. The molecule has 0 amide bonds. The molecule has 1 aliphatic rings. The zero-order valence-electron chi connectivity index (χ0n) is 14.5. The number of hydrogen-bond donors (Lipinski definition) is 3. The highest BCUT2D eigenvalue weighted by molar-refractivity contribution is 5.66. The van der Waals surface area contributed by atoms with Crippen molar-refractivity contribution in [2.75, 3.05) is 6.79 Å². The number of nitrogens with zero attached hydrogens (tertiary/aromatic N) is 1. The molecule has 0 saturated heterocycles. The molecule has 3 aromatic rings. The summed E-state index contributed by atoms with van der Waals surface area (Å²) in [4.78, 5) is 37.2. The van der Waals surface area contributed by atoms with Crippen molar-refractivity contribution in [2.45, 2.75) is 6.92 Å². The van der Waals surface area contributed by atoms with Gasteiger partial charge in [0, 0.05) is 5.56 Å². The molecule has 0 saturated carbocycles. The first-order valence-corrected chi connectivity index (χ1v) is 8.17. The van der Waals surface area contributed by atoms with E-state index >= 15 is 0 Å². The summed E-state index contributed by atoms with van der Waals surface area (Å²) in [5, 5.41) is 0.229. The van der Waals surface area contributed by atoms with E-state index in [0.29, 0.717) is 28.5 Å². The Hall–Kier alpha value is -3.81. The fourth-order valence-corrected chi connectivity index (χ4v) is 2.82. The zero-order valence-corrected chi connectivity index (χ0v) is 14.5. The minimum atomic E-state index is -0.437. The quantitative estimate of drug-likeness (QED) is 0.615. The predicted octanol–water partition coefficient (Wildman–Crippen LogP) is 0.206. The maximum atomic E-state index is 12.5. The van der Waals surface area contributed by atoms with Gasteiger partial charge in [0.2, 0.25) is 6.79 Å². The summed E-state index contributed by atoms with van der Waals surface area (Å²) in [6.07, 6.45) is 4.58. The smallest absolute Gasteiger partial charge is 0.272 e. The van der Waals surface area contributed by atoms with E-state index in [4.69, 9.17) is 9.47 Å². The third kappa shape index (κ3) is 3.08. The van der Waals surface area contributed by atoms with E-state index in [2.05, 4.69) is 26.5 Å². The first kappa shape index (κ1) is 16.6. The summed E-state index contributed by atoms with van der Waals surface area (Å²) in [6, 6.07) is 5.33. The van der Waals surface area contributed by atoms with Gasteiger partial charge in [0.15, 0.2) is 11.5 Å². The Morgan fingerprint density at radius 2 is 1.89 bits per heavy atom. The van der Waals surface area contributed by atoms with Crippen molar-refractivity contribution in [3.8, 4) is 11.5 Å². The number of hydrogen-bond acceptors (Lipinski definition) is 5. The molecule has 8 heteroatoms. The van der Waals surface area contributed by atoms with Gasteiger partial charge < -0.3 is 24.4 Å². The van der Waals surface area contributed by atoms with Crippen LogP contribution in [0.15, 0.2) is 40.7 Å². The van der Waals surface area contributed by atoms with Gasteiger partial charge in [0.25, 0.3) is 11.1 Å². The number of ether oxygens (including phenoxy) is 2. The molecule has 3 heterocycles. The lowest BCUT2D eigenvalue weighted by Gasteiger charge is -2.00. The molecular formula is C19H16N4O4.